The van der Waals surface area contributed by atoms with Crippen LogP contribution in [0.4, 0.5) is 0 Å². The largest absolute Gasteiger partial charge is 0.493 e. The van der Waals surface area contributed by atoms with Crippen LogP contribution in [-0.2, 0) is 0 Å². The zero-order chi connectivity index (χ0) is 16.7. The summed E-state index contributed by atoms with van der Waals surface area (Å²) in [5, 5.41) is 15.7. The Hall–Kier alpha value is -3.02. The van der Waals surface area contributed by atoms with Gasteiger partial charge in [-0.1, -0.05) is 36.4 Å². The Morgan fingerprint density at radius 3 is 1.78 bits per heavy atom. The molecule has 6 nitrogen and oxygen atoms in total. The van der Waals surface area contributed by atoms with Crippen molar-refractivity contribution in [2.45, 2.75) is 12.0 Å². The number of hydrogen-bond acceptors (Lipinski definition) is 4. The number of nitrogens with one attached hydrogen (secondary N) is 2. The fourth-order valence-electron chi connectivity index (χ4n) is 2.09. The highest BCUT2D eigenvalue weighted by Gasteiger charge is 2.40. The highest BCUT2D eigenvalue weighted by Crippen LogP contribution is 2.22. The standard InChI is InChI=1S/C17H20N4O2/c18-15(19)17(16(20)21,23-14-9-5-2-6-10-14)11-12-22-13-7-3-1-4-8-13/h1-10H,11-12H2,(H3,18,19)(H3,20,21). The van der Waals surface area contributed by atoms with Crippen molar-refractivity contribution in [3.8, 4) is 11.5 Å². The summed E-state index contributed by atoms with van der Waals surface area (Å²) in [6, 6.07) is 18.1. The Morgan fingerprint density at radius 1 is 0.826 bits per heavy atom. The second kappa shape index (κ2) is 7.31. The lowest BCUT2D eigenvalue weighted by molar-refractivity contribution is 0.163. The summed E-state index contributed by atoms with van der Waals surface area (Å²) in [4.78, 5) is 0. The second-order valence-electron chi connectivity index (χ2n) is 4.98. The van der Waals surface area contributed by atoms with Crippen molar-refractivity contribution in [2.24, 2.45) is 11.5 Å². The molecule has 0 spiro atoms. The Balaban J connectivity index is 2.13. The lowest BCUT2D eigenvalue weighted by Crippen LogP contribution is -2.58. The molecule has 2 rings (SSSR count). The summed E-state index contributed by atoms with van der Waals surface area (Å²) in [5.41, 5.74) is 9.85. The lowest BCUT2D eigenvalue weighted by atomic mass is 9.96. The van der Waals surface area contributed by atoms with Crippen molar-refractivity contribution in [3.05, 3.63) is 60.7 Å². The van der Waals surface area contributed by atoms with Gasteiger partial charge in [0.15, 0.2) is 0 Å². The van der Waals surface area contributed by atoms with Gasteiger partial charge in [-0.15, -0.1) is 0 Å². The molecule has 0 bridgehead atoms. The summed E-state index contributed by atoms with van der Waals surface area (Å²) in [5.74, 6) is 0.516. The Bertz CT molecular complexity index is 645. The first-order chi connectivity index (χ1) is 11.0. The van der Waals surface area contributed by atoms with E-state index >= 15 is 0 Å². The van der Waals surface area contributed by atoms with Crippen LogP contribution in [0.2, 0.25) is 0 Å². The second-order valence-corrected chi connectivity index (χ2v) is 4.98. The van der Waals surface area contributed by atoms with Crippen LogP contribution < -0.4 is 20.9 Å². The van der Waals surface area contributed by atoms with Gasteiger partial charge in [0, 0.05) is 6.42 Å². The molecule has 2 aromatic rings. The van der Waals surface area contributed by atoms with Gasteiger partial charge < -0.3 is 20.9 Å². The topological polar surface area (TPSA) is 118 Å². The van der Waals surface area contributed by atoms with Crippen molar-refractivity contribution in [2.75, 3.05) is 6.61 Å². The fourth-order valence-corrected chi connectivity index (χ4v) is 2.09. The van der Waals surface area contributed by atoms with Crippen LogP contribution >= 0.6 is 0 Å². The maximum absolute atomic E-state index is 7.84. The molecule has 0 radical (unpaired) electrons. The fraction of sp³-hybridized carbons (Fsp3) is 0.176. The van der Waals surface area contributed by atoms with Crippen molar-refractivity contribution in [1.29, 1.82) is 10.8 Å². The SMILES string of the molecule is N=C(N)C(CCOc1ccccc1)(Oc1ccccc1)C(=N)N. The smallest absolute Gasteiger partial charge is 0.224 e. The maximum atomic E-state index is 7.84. The summed E-state index contributed by atoms with van der Waals surface area (Å²) >= 11 is 0. The van der Waals surface area contributed by atoms with E-state index in [-0.39, 0.29) is 24.7 Å². The van der Waals surface area contributed by atoms with E-state index in [2.05, 4.69) is 0 Å². The molecular formula is C17H20N4O2. The lowest BCUT2D eigenvalue weighted by Gasteiger charge is -2.32. The van der Waals surface area contributed by atoms with Crippen molar-refractivity contribution >= 4 is 11.7 Å². The van der Waals surface area contributed by atoms with Crippen LogP contribution in [0.1, 0.15) is 6.42 Å². The van der Waals surface area contributed by atoms with Crippen LogP contribution in [0, 0.1) is 10.8 Å². The number of amidine groups is 2. The number of ether oxygens (including phenoxy) is 2. The molecule has 0 saturated carbocycles. The Labute approximate surface area is 135 Å². The van der Waals surface area contributed by atoms with Crippen LogP contribution in [0.3, 0.4) is 0 Å². The number of rotatable bonds is 8. The zero-order valence-electron chi connectivity index (χ0n) is 12.7. The molecule has 0 fully saturated rings. The van der Waals surface area contributed by atoms with E-state index in [1.165, 1.54) is 0 Å². The van der Waals surface area contributed by atoms with E-state index in [1.807, 2.05) is 36.4 Å². The summed E-state index contributed by atoms with van der Waals surface area (Å²) in [6.07, 6.45) is 0.154. The molecular weight excluding hydrogens is 292 g/mol. The zero-order valence-corrected chi connectivity index (χ0v) is 12.7. The molecule has 0 unspecified atom stereocenters. The minimum absolute atomic E-state index is 0.154. The van der Waals surface area contributed by atoms with E-state index < -0.39 is 5.60 Å². The number of para-hydroxylation sites is 2. The van der Waals surface area contributed by atoms with Gasteiger partial charge in [0.1, 0.15) is 23.2 Å². The molecule has 0 atom stereocenters. The quantitative estimate of drug-likeness (QED) is 0.441. The molecule has 0 aliphatic rings. The van der Waals surface area contributed by atoms with E-state index in [0.717, 1.165) is 0 Å². The number of nitrogens with two attached hydrogens (primary N) is 2. The summed E-state index contributed by atoms with van der Waals surface area (Å²) in [7, 11) is 0. The molecule has 2 aromatic carbocycles. The molecule has 6 heteroatoms. The van der Waals surface area contributed by atoms with Gasteiger partial charge >= 0.3 is 0 Å². The molecule has 0 aliphatic carbocycles. The first kappa shape index (κ1) is 16.4. The van der Waals surface area contributed by atoms with Gasteiger partial charge in [0.05, 0.1) is 6.61 Å². The number of hydrogen-bond donors (Lipinski definition) is 4. The highest BCUT2D eigenvalue weighted by molar-refractivity contribution is 6.10. The van der Waals surface area contributed by atoms with E-state index in [4.69, 9.17) is 31.8 Å². The Morgan fingerprint density at radius 2 is 1.30 bits per heavy atom. The van der Waals surface area contributed by atoms with Crippen LogP contribution in [0.15, 0.2) is 60.7 Å². The molecule has 0 amide bonds. The van der Waals surface area contributed by atoms with Crippen molar-refractivity contribution in [3.63, 3.8) is 0 Å². The van der Waals surface area contributed by atoms with Gasteiger partial charge in [-0.25, -0.2) is 0 Å². The highest BCUT2D eigenvalue weighted by atomic mass is 16.5. The summed E-state index contributed by atoms with van der Waals surface area (Å²) in [6.45, 7) is 0.204. The first-order valence-corrected chi connectivity index (χ1v) is 7.15. The Kier molecular flexibility index (Phi) is 5.19. The molecule has 0 aliphatic heterocycles. The maximum Gasteiger partial charge on any atom is 0.224 e. The van der Waals surface area contributed by atoms with Crippen LogP contribution in [0.5, 0.6) is 11.5 Å². The van der Waals surface area contributed by atoms with Crippen LogP contribution in [-0.4, -0.2) is 23.9 Å². The normalized spacial score (nSPS) is 12.9. The van der Waals surface area contributed by atoms with Gasteiger partial charge in [-0.05, 0) is 24.3 Å². The molecule has 23 heavy (non-hydrogen) atoms. The summed E-state index contributed by atoms with van der Waals surface area (Å²) < 4.78 is 11.4. The third-order valence-electron chi connectivity index (χ3n) is 3.37. The predicted octanol–water partition coefficient (Wildman–Crippen LogP) is 2.15. The molecule has 6 N–H and O–H groups in total. The van der Waals surface area contributed by atoms with Crippen LogP contribution in [0.25, 0.3) is 0 Å². The number of benzene rings is 2. The monoisotopic (exact) mass is 312 g/mol. The van der Waals surface area contributed by atoms with Gasteiger partial charge in [-0.2, -0.15) is 0 Å². The van der Waals surface area contributed by atoms with E-state index in [9.17, 15) is 0 Å². The molecule has 0 aromatic heterocycles. The first-order valence-electron chi connectivity index (χ1n) is 7.15. The average Bonchev–Trinajstić information content (AvgIpc) is 2.55. The van der Waals surface area contributed by atoms with Gasteiger partial charge in [-0.3, -0.25) is 10.8 Å². The van der Waals surface area contributed by atoms with Gasteiger partial charge in [0.2, 0.25) is 5.60 Å². The van der Waals surface area contributed by atoms with Crippen molar-refractivity contribution in [1.82, 2.24) is 0 Å². The third kappa shape index (κ3) is 4.00. The van der Waals surface area contributed by atoms with Crippen molar-refractivity contribution < 1.29 is 9.47 Å². The molecule has 120 valence electrons. The van der Waals surface area contributed by atoms with Gasteiger partial charge in [0.25, 0.3) is 0 Å². The minimum Gasteiger partial charge on any atom is -0.493 e. The predicted molar refractivity (Wildman–Crippen MR) is 90.2 cm³/mol. The third-order valence-corrected chi connectivity index (χ3v) is 3.37. The van der Waals surface area contributed by atoms with E-state index in [0.29, 0.717) is 11.5 Å². The van der Waals surface area contributed by atoms with E-state index in [1.54, 1.807) is 24.3 Å². The molecule has 0 saturated heterocycles. The molecule has 0 heterocycles. The minimum atomic E-state index is -1.52. The average molecular weight is 312 g/mol.